The van der Waals surface area contributed by atoms with E-state index in [2.05, 4.69) is 14.4 Å². The van der Waals surface area contributed by atoms with Gasteiger partial charge in [0.25, 0.3) is 10.0 Å². The summed E-state index contributed by atoms with van der Waals surface area (Å²) in [7, 11) is -2.67. The van der Waals surface area contributed by atoms with Crippen LogP contribution in [0, 0.1) is 6.92 Å². The number of carbonyl (C=O) groups is 1. The summed E-state index contributed by atoms with van der Waals surface area (Å²) in [6.45, 7) is 7.61. The number of hydrogen-bond donors (Lipinski definition) is 1. The normalized spacial score (nSPS) is 12.2. The average molecular weight is 402 g/mol. The van der Waals surface area contributed by atoms with Crippen LogP contribution in [0.1, 0.15) is 42.6 Å². The van der Waals surface area contributed by atoms with E-state index >= 15 is 0 Å². The summed E-state index contributed by atoms with van der Waals surface area (Å²) in [5.74, 6) is -0.0284. The van der Waals surface area contributed by atoms with Crippen LogP contribution < -0.4 is 4.72 Å². The van der Waals surface area contributed by atoms with Crippen molar-refractivity contribution in [3.8, 4) is 0 Å². The molecule has 0 amide bonds. The first-order valence-electron chi connectivity index (χ1n) is 8.64. The van der Waals surface area contributed by atoms with Crippen molar-refractivity contribution in [1.29, 1.82) is 0 Å². The van der Waals surface area contributed by atoms with Crippen molar-refractivity contribution in [2.24, 2.45) is 0 Å². The Kier molecular flexibility index (Phi) is 4.93. The number of aryl methyl sites for hydroxylation is 1. The number of nitrogens with one attached hydrogen (secondary N) is 1. The molecule has 3 aromatic rings. The van der Waals surface area contributed by atoms with Gasteiger partial charge < -0.3 is 9.15 Å². The van der Waals surface area contributed by atoms with E-state index in [-0.39, 0.29) is 15.9 Å². The maximum absolute atomic E-state index is 12.9. The third kappa shape index (κ3) is 3.87. The summed E-state index contributed by atoms with van der Waals surface area (Å²) in [5, 5.41) is 0. The Bertz CT molecular complexity index is 1160. The number of ether oxygens (including phenoxy) is 1. The zero-order valence-corrected chi connectivity index (χ0v) is 17.2. The predicted molar refractivity (Wildman–Crippen MR) is 106 cm³/mol. The maximum atomic E-state index is 12.9. The predicted octanol–water partition coefficient (Wildman–Crippen LogP) is 4.02. The molecule has 0 atom stereocenters. The molecular formula is C20H22N2O5S. The molecule has 7 nitrogen and oxygen atoms in total. The molecule has 0 spiro atoms. The van der Waals surface area contributed by atoms with Gasteiger partial charge in [-0.15, -0.1) is 0 Å². The zero-order chi connectivity index (χ0) is 20.7. The molecule has 148 valence electrons. The van der Waals surface area contributed by atoms with Crippen molar-refractivity contribution in [2.45, 2.75) is 38.0 Å². The molecule has 3 rings (SSSR count). The number of esters is 1. The van der Waals surface area contributed by atoms with E-state index in [1.54, 1.807) is 31.2 Å². The van der Waals surface area contributed by atoms with Crippen LogP contribution in [0.5, 0.6) is 0 Å². The van der Waals surface area contributed by atoms with Gasteiger partial charge in [-0.1, -0.05) is 26.8 Å². The van der Waals surface area contributed by atoms with Gasteiger partial charge in [0, 0.05) is 5.41 Å². The van der Waals surface area contributed by atoms with E-state index in [1.807, 2.05) is 20.8 Å². The summed E-state index contributed by atoms with van der Waals surface area (Å²) >= 11 is 0. The van der Waals surface area contributed by atoms with Crippen LogP contribution in [0.3, 0.4) is 0 Å². The first-order valence-corrected chi connectivity index (χ1v) is 10.1. The number of sulfonamides is 1. The van der Waals surface area contributed by atoms with Gasteiger partial charge in [-0.05, 0) is 42.8 Å². The molecule has 0 aliphatic rings. The molecule has 1 N–H and O–H groups in total. The van der Waals surface area contributed by atoms with Gasteiger partial charge in [0.05, 0.1) is 23.3 Å². The molecule has 2 aromatic carbocycles. The molecular weight excluding hydrogens is 380 g/mol. The Hall–Kier alpha value is -2.87. The van der Waals surface area contributed by atoms with E-state index in [1.165, 1.54) is 19.2 Å². The average Bonchev–Trinajstić information content (AvgIpc) is 3.04. The highest BCUT2D eigenvalue weighted by Gasteiger charge is 2.22. The molecule has 0 radical (unpaired) electrons. The van der Waals surface area contributed by atoms with Gasteiger partial charge in [0.1, 0.15) is 5.52 Å². The molecule has 28 heavy (non-hydrogen) atoms. The topological polar surface area (TPSA) is 98.5 Å². The minimum Gasteiger partial charge on any atom is -0.465 e. The second-order valence-corrected chi connectivity index (χ2v) is 9.18. The number of carbonyl (C=O) groups excluding carboxylic acids is 1. The summed E-state index contributed by atoms with van der Waals surface area (Å²) in [6, 6.07) is 9.29. The lowest BCUT2D eigenvalue weighted by molar-refractivity contribution is 0.0600. The third-order valence-electron chi connectivity index (χ3n) is 4.18. The van der Waals surface area contributed by atoms with Gasteiger partial charge in [0.15, 0.2) is 5.58 Å². The lowest BCUT2D eigenvalue weighted by Crippen LogP contribution is -2.15. The fourth-order valence-corrected chi connectivity index (χ4v) is 3.98. The third-order valence-corrected chi connectivity index (χ3v) is 5.70. The molecule has 0 unspecified atom stereocenters. The van der Waals surface area contributed by atoms with E-state index in [4.69, 9.17) is 4.42 Å². The second kappa shape index (κ2) is 6.94. The number of anilines is 1. The Labute approximate surface area is 163 Å². The number of fused-ring (bicyclic) bond motifs is 1. The van der Waals surface area contributed by atoms with E-state index < -0.39 is 16.0 Å². The van der Waals surface area contributed by atoms with Crippen molar-refractivity contribution < 1.29 is 22.4 Å². The Balaban J connectivity index is 1.97. The monoisotopic (exact) mass is 402 g/mol. The minimum atomic E-state index is -3.91. The lowest BCUT2D eigenvalue weighted by atomic mass is 9.97. The lowest BCUT2D eigenvalue weighted by Gasteiger charge is -2.11. The largest absolute Gasteiger partial charge is 0.465 e. The van der Waals surface area contributed by atoms with Gasteiger partial charge in [-0.3, -0.25) is 4.72 Å². The number of oxazole rings is 1. The van der Waals surface area contributed by atoms with Crippen molar-refractivity contribution >= 4 is 32.8 Å². The fourth-order valence-electron chi connectivity index (χ4n) is 2.66. The summed E-state index contributed by atoms with van der Waals surface area (Å²) in [5.41, 5.74) is 1.91. The Morgan fingerprint density at radius 1 is 1.14 bits per heavy atom. The molecule has 0 saturated carbocycles. The number of methoxy groups -OCH3 is 1. The number of hydrogen-bond acceptors (Lipinski definition) is 6. The van der Waals surface area contributed by atoms with Crippen LogP contribution in [-0.4, -0.2) is 26.5 Å². The van der Waals surface area contributed by atoms with E-state index in [0.29, 0.717) is 28.2 Å². The van der Waals surface area contributed by atoms with Crippen LogP contribution in [0.4, 0.5) is 5.69 Å². The van der Waals surface area contributed by atoms with Gasteiger partial charge in [-0.2, -0.15) is 0 Å². The van der Waals surface area contributed by atoms with Gasteiger partial charge >= 0.3 is 5.97 Å². The van der Waals surface area contributed by atoms with Crippen LogP contribution in [-0.2, 0) is 20.2 Å². The van der Waals surface area contributed by atoms with Crippen molar-refractivity contribution in [1.82, 2.24) is 4.98 Å². The molecule has 8 heteroatoms. The summed E-state index contributed by atoms with van der Waals surface area (Å²) < 4.78 is 38.7. The smallest absolute Gasteiger partial charge is 0.337 e. The number of rotatable bonds is 4. The molecule has 1 aromatic heterocycles. The molecule has 0 aliphatic heterocycles. The zero-order valence-electron chi connectivity index (χ0n) is 16.4. The SMILES string of the molecule is COC(=O)c1ccc(C)c(S(=O)(=O)Nc2ccc3oc(C(C)(C)C)nc3c2)c1. The summed E-state index contributed by atoms with van der Waals surface area (Å²) in [4.78, 5) is 16.2. The van der Waals surface area contributed by atoms with Crippen LogP contribution in [0.25, 0.3) is 11.1 Å². The van der Waals surface area contributed by atoms with E-state index in [9.17, 15) is 13.2 Å². The van der Waals surface area contributed by atoms with Crippen LogP contribution in [0.2, 0.25) is 0 Å². The number of benzene rings is 2. The molecule has 0 fully saturated rings. The first-order chi connectivity index (χ1) is 13.0. The molecule has 0 saturated heterocycles. The van der Waals surface area contributed by atoms with E-state index in [0.717, 1.165) is 0 Å². The standard InChI is InChI=1S/C20H22N2O5S/c1-12-6-7-13(18(23)26-5)10-17(12)28(24,25)22-14-8-9-16-15(11-14)21-19(27-16)20(2,3)4/h6-11,22H,1-5H3. The van der Waals surface area contributed by atoms with Crippen LogP contribution in [0.15, 0.2) is 45.7 Å². The van der Waals surface area contributed by atoms with Crippen molar-refractivity contribution in [3.63, 3.8) is 0 Å². The van der Waals surface area contributed by atoms with Crippen molar-refractivity contribution in [3.05, 3.63) is 53.4 Å². The maximum Gasteiger partial charge on any atom is 0.337 e. The highest BCUT2D eigenvalue weighted by molar-refractivity contribution is 7.92. The number of nitrogens with zero attached hydrogens (tertiary/aromatic N) is 1. The molecule has 1 heterocycles. The minimum absolute atomic E-state index is 0.00558. The van der Waals surface area contributed by atoms with Gasteiger partial charge in [-0.25, -0.2) is 18.2 Å². The summed E-state index contributed by atoms with van der Waals surface area (Å²) in [6.07, 6.45) is 0. The Morgan fingerprint density at radius 3 is 2.50 bits per heavy atom. The second-order valence-electron chi connectivity index (χ2n) is 7.53. The highest BCUT2D eigenvalue weighted by atomic mass is 32.2. The fraction of sp³-hybridized carbons (Fsp3) is 0.300. The van der Waals surface area contributed by atoms with Crippen LogP contribution >= 0.6 is 0 Å². The highest BCUT2D eigenvalue weighted by Crippen LogP contribution is 2.28. The Morgan fingerprint density at radius 2 is 1.86 bits per heavy atom. The molecule has 0 bridgehead atoms. The van der Waals surface area contributed by atoms with Crippen molar-refractivity contribution in [2.75, 3.05) is 11.8 Å². The molecule has 0 aliphatic carbocycles. The van der Waals surface area contributed by atoms with Gasteiger partial charge in [0.2, 0.25) is 5.89 Å². The first kappa shape index (κ1) is 19.9. The number of aromatic nitrogens is 1. The quantitative estimate of drug-likeness (QED) is 0.662.